The van der Waals surface area contributed by atoms with Gasteiger partial charge in [0.15, 0.2) is 5.78 Å². The normalized spacial score (nSPS) is 46.2. The van der Waals surface area contributed by atoms with Gasteiger partial charge >= 0.3 is 5.97 Å². The molecule has 5 aliphatic carbocycles. The summed E-state index contributed by atoms with van der Waals surface area (Å²) in [5, 5.41) is 11.7. The zero-order valence-corrected chi connectivity index (χ0v) is 25.6. The number of ketones is 1. The Bertz CT molecular complexity index is 1100. The number of esters is 1. The van der Waals surface area contributed by atoms with Crippen molar-refractivity contribution in [2.45, 2.75) is 119 Å². The zero-order chi connectivity index (χ0) is 28.7. The Balaban J connectivity index is 1.55. The lowest BCUT2D eigenvalue weighted by atomic mass is 9.33. The molecule has 6 heteroatoms. The molecule has 0 radical (unpaired) electrons. The van der Waals surface area contributed by atoms with Crippen molar-refractivity contribution < 1.29 is 19.2 Å². The van der Waals surface area contributed by atoms with Gasteiger partial charge in [0.2, 0.25) is 6.54 Å². The van der Waals surface area contributed by atoms with Gasteiger partial charge in [-0.3, -0.25) is 19.7 Å². The molecule has 39 heavy (non-hydrogen) atoms. The van der Waals surface area contributed by atoms with E-state index in [4.69, 9.17) is 4.74 Å². The van der Waals surface area contributed by atoms with Gasteiger partial charge in [0.1, 0.15) is 6.10 Å². The van der Waals surface area contributed by atoms with E-state index in [2.05, 4.69) is 41.5 Å². The van der Waals surface area contributed by atoms with Crippen LogP contribution in [0.5, 0.6) is 0 Å². The number of hydrogen-bond acceptors (Lipinski definition) is 5. The molecular formula is C33H51NO5. The van der Waals surface area contributed by atoms with Gasteiger partial charge in [-0.15, -0.1) is 0 Å². The van der Waals surface area contributed by atoms with E-state index in [0.717, 1.165) is 56.9 Å². The standard InChI is InChI=1S/C33H51NO5/c1-19(2)28-25(36)17-33(20(3)18-34(37)38)16-15-31(7)24(29(28)33)9-10-27-30(6)13-12-26(39-22(5)35)21(4)23(30)11-14-32(27,31)8/h19-21,23-24,26-27H,9-18H2,1-8H3/t20?,21?,23?,24?,26?,27?,30?,31-,32?,33?/m1/s1. The van der Waals surface area contributed by atoms with Crippen LogP contribution in [0.2, 0.25) is 0 Å². The molecule has 0 aromatic rings. The molecule has 4 saturated carbocycles. The summed E-state index contributed by atoms with van der Waals surface area (Å²) >= 11 is 0. The average molecular weight is 542 g/mol. The minimum atomic E-state index is -0.352. The Morgan fingerprint density at radius 3 is 2.33 bits per heavy atom. The van der Waals surface area contributed by atoms with E-state index in [1.54, 1.807) is 0 Å². The van der Waals surface area contributed by atoms with E-state index in [9.17, 15) is 19.7 Å². The molecule has 5 aliphatic rings. The van der Waals surface area contributed by atoms with Crippen molar-refractivity contribution in [3.8, 4) is 0 Å². The average Bonchev–Trinajstić information content (AvgIpc) is 3.14. The van der Waals surface area contributed by atoms with Crippen LogP contribution >= 0.6 is 0 Å². The highest BCUT2D eigenvalue weighted by atomic mass is 16.6. The van der Waals surface area contributed by atoms with Gasteiger partial charge in [0.05, 0.1) is 0 Å². The molecule has 0 bridgehead atoms. The van der Waals surface area contributed by atoms with E-state index in [1.165, 1.54) is 12.5 Å². The summed E-state index contributed by atoms with van der Waals surface area (Å²) in [6, 6.07) is 0. The maximum absolute atomic E-state index is 13.6. The Morgan fingerprint density at radius 1 is 1.03 bits per heavy atom. The predicted octanol–water partition coefficient (Wildman–Crippen LogP) is 7.42. The van der Waals surface area contributed by atoms with E-state index in [0.29, 0.717) is 30.1 Å². The minimum absolute atomic E-state index is 0.0264. The van der Waals surface area contributed by atoms with Gasteiger partial charge in [-0.05, 0) is 103 Å². The van der Waals surface area contributed by atoms with E-state index < -0.39 is 0 Å². The second kappa shape index (κ2) is 9.41. The smallest absolute Gasteiger partial charge is 0.302 e. The van der Waals surface area contributed by atoms with Gasteiger partial charge in [0.25, 0.3) is 0 Å². The van der Waals surface area contributed by atoms with Gasteiger partial charge in [-0.25, -0.2) is 0 Å². The molecule has 218 valence electrons. The Kier molecular flexibility index (Phi) is 6.95. The Hall–Kier alpha value is -1.72. The van der Waals surface area contributed by atoms with Crippen LogP contribution in [0.15, 0.2) is 11.1 Å². The number of rotatable bonds is 5. The van der Waals surface area contributed by atoms with Crippen molar-refractivity contribution in [2.24, 2.45) is 57.2 Å². The molecule has 0 N–H and O–H groups in total. The highest BCUT2D eigenvalue weighted by Crippen LogP contribution is 2.76. The fourth-order valence-corrected chi connectivity index (χ4v) is 11.7. The van der Waals surface area contributed by atoms with Crippen LogP contribution < -0.4 is 0 Å². The van der Waals surface area contributed by atoms with Crippen molar-refractivity contribution in [1.82, 2.24) is 0 Å². The molecule has 4 fully saturated rings. The van der Waals surface area contributed by atoms with E-state index in [-0.39, 0.29) is 62.8 Å². The van der Waals surface area contributed by atoms with Crippen LogP contribution in [0.4, 0.5) is 0 Å². The van der Waals surface area contributed by atoms with Gasteiger partial charge in [-0.1, -0.05) is 54.0 Å². The largest absolute Gasteiger partial charge is 0.462 e. The molecule has 0 aromatic heterocycles. The molecule has 0 heterocycles. The third-order valence-electron chi connectivity index (χ3n) is 13.7. The van der Waals surface area contributed by atoms with Crippen molar-refractivity contribution in [1.29, 1.82) is 0 Å². The molecule has 0 aliphatic heterocycles. The number of fused-ring (bicyclic) bond motifs is 7. The number of nitrogens with zero attached hydrogens (tertiary/aromatic N) is 1. The summed E-state index contributed by atoms with van der Waals surface area (Å²) < 4.78 is 5.79. The van der Waals surface area contributed by atoms with Crippen LogP contribution in [0, 0.1) is 67.3 Å². The minimum Gasteiger partial charge on any atom is -0.462 e. The van der Waals surface area contributed by atoms with Crippen LogP contribution in [0.25, 0.3) is 0 Å². The van der Waals surface area contributed by atoms with Crippen LogP contribution in [-0.4, -0.2) is 29.3 Å². The SMILES string of the molecule is CC(=O)OC1CCC2(C)C(CCC3(C)C2CCC2C4=C(C(C)C)C(=O)CC4(C(C)C[N+](=O)[O-])CC[C@]23C)C1C. The lowest BCUT2D eigenvalue weighted by molar-refractivity contribution is -0.491. The van der Waals surface area contributed by atoms with Crippen LogP contribution in [-0.2, 0) is 14.3 Å². The predicted molar refractivity (Wildman–Crippen MR) is 151 cm³/mol. The Morgan fingerprint density at radius 2 is 1.72 bits per heavy atom. The fourth-order valence-electron chi connectivity index (χ4n) is 11.7. The Labute approximate surface area is 235 Å². The summed E-state index contributed by atoms with van der Waals surface area (Å²) in [5.74, 6) is 1.93. The van der Waals surface area contributed by atoms with E-state index in [1.807, 2.05) is 6.92 Å². The number of nitro groups is 1. The molecule has 6 nitrogen and oxygen atoms in total. The molecule has 5 rings (SSSR count). The lowest BCUT2D eigenvalue weighted by Crippen LogP contribution is -2.64. The lowest BCUT2D eigenvalue weighted by Gasteiger charge is -2.71. The topological polar surface area (TPSA) is 86.5 Å². The van der Waals surface area contributed by atoms with Crippen LogP contribution in [0.3, 0.4) is 0 Å². The maximum atomic E-state index is 13.6. The molecule has 10 atom stereocenters. The first-order valence-corrected chi connectivity index (χ1v) is 15.7. The first kappa shape index (κ1) is 28.8. The molecule has 0 spiro atoms. The number of carbonyl (C=O) groups is 2. The third-order valence-corrected chi connectivity index (χ3v) is 13.7. The zero-order valence-electron chi connectivity index (χ0n) is 25.6. The quantitative estimate of drug-likeness (QED) is 0.205. The molecular weight excluding hydrogens is 490 g/mol. The summed E-state index contributed by atoms with van der Waals surface area (Å²) in [4.78, 5) is 37.0. The molecule has 9 unspecified atom stereocenters. The number of Topliss-reactive ketones (excluding diaryl/α,β-unsaturated/α-hetero) is 1. The summed E-state index contributed by atoms with van der Waals surface area (Å²) in [6.07, 6.45) is 9.01. The third kappa shape index (κ3) is 3.92. The molecule has 0 saturated heterocycles. The number of ether oxygens (including phenoxy) is 1. The van der Waals surface area contributed by atoms with Gasteiger partial charge in [0, 0.05) is 29.6 Å². The van der Waals surface area contributed by atoms with Crippen LogP contribution in [0.1, 0.15) is 113 Å². The summed E-state index contributed by atoms with van der Waals surface area (Å²) in [6.45, 7) is 17.7. The summed E-state index contributed by atoms with van der Waals surface area (Å²) in [7, 11) is 0. The van der Waals surface area contributed by atoms with Crippen molar-refractivity contribution in [3.05, 3.63) is 21.3 Å². The highest BCUT2D eigenvalue weighted by molar-refractivity contribution is 6.00. The highest BCUT2D eigenvalue weighted by Gasteiger charge is 2.69. The second-order valence-corrected chi connectivity index (χ2v) is 15.4. The fraction of sp³-hybridized carbons (Fsp3) is 0.879. The van der Waals surface area contributed by atoms with Crippen molar-refractivity contribution in [2.75, 3.05) is 6.54 Å². The van der Waals surface area contributed by atoms with Gasteiger partial charge < -0.3 is 4.74 Å². The number of hydrogen-bond donors (Lipinski definition) is 0. The number of carbonyl (C=O) groups excluding carboxylic acids is 2. The monoisotopic (exact) mass is 541 g/mol. The van der Waals surface area contributed by atoms with Gasteiger partial charge in [-0.2, -0.15) is 0 Å². The first-order chi connectivity index (χ1) is 18.1. The maximum Gasteiger partial charge on any atom is 0.302 e. The van der Waals surface area contributed by atoms with Crippen molar-refractivity contribution in [3.63, 3.8) is 0 Å². The summed E-state index contributed by atoms with van der Waals surface area (Å²) in [5.41, 5.74) is 2.43. The van der Waals surface area contributed by atoms with Crippen molar-refractivity contribution >= 4 is 11.8 Å². The van der Waals surface area contributed by atoms with E-state index >= 15 is 0 Å². The second-order valence-electron chi connectivity index (χ2n) is 15.4. The first-order valence-electron chi connectivity index (χ1n) is 15.7. The number of allylic oxidation sites excluding steroid dienone is 2. The molecule has 0 amide bonds. The molecule has 0 aromatic carbocycles.